The number of benzene rings is 4. The van der Waals surface area contributed by atoms with E-state index in [1.807, 2.05) is 94.5 Å². The third-order valence-electron chi connectivity index (χ3n) is 13.0. The van der Waals surface area contributed by atoms with Gasteiger partial charge in [0.1, 0.15) is 18.0 Å². The van der Waals surface area contributed by atoms with Gasteiger partial charge in [0.25, 0.3) is 11.8 Å². The fraction of sp³-hybridized carbons (Fsp3) is 0.404. The summed E-state index contributed by atoms with van der Waals surface area (Å²) < 4.78 is 19.8. The van der Waals surface area contributed by atoms with E-state index in [0.29, 0.717) is 57.0 Å². The minimum Gasteiger partial charge on any atom is -0.489 e. The summed E-state index contributed by atoms with van der Waals surface area (Å²) in [6.07, 6.45) is 3.76. The highest BCUT2D eigenvalue weighted by molar-refractivity contribution is 6.08. The Hall–Kier alpha value is -5.91. The first-order valence-corrected chi connectivity index (χ1v) is 22.6. The number of amides is 3. The van der Waals surface area contributed by atoms with Gasteiger partial charge in [0.2, 0.25) is 0 Å². The lowest BCUT2D eigenvalue weighted by atomic mass is 9.89. The number of anilines is 1. The molecule has 5 aromatic rings. The fourth-order valence-corrected chi connectivity index (χ4v) is 9.59. The smallest absolute Gasteiger partial charge is 0.410 e. The molecule has 328 valence electrons. The second-order valence-corrected chi connectivity index (χ2v) is 18.4. The van der Waals surface area contributed by atoms with Crippen molar-refractivity contribution in [3.05, 3.63) is 142 Å². The summed E-state index contributed by atoms with van der Waals surface area (Å²) in [6.45, 7) is 12.0. The van der Waals surface area contributed by atoms with Gasteiger partial charge in [0.15, 0.2) is 0 Å². The van der Waals surface area contributed by atoms with Gasteiger partial charge >= 0.3 is 6.09 Å². The molecule has 11 heteroatoms. The van der Waals surface area contributed by atoms with Crippen LogP contribution < -0.4 is 9.64 Å². The SMILES string of the molecule is CN(C(=O)c1cc(-c2cc3c(cc2C(=O)N2Cc4ccccc4C[C@H]2CN2CCOCC2)CN(C(=O)OC(C)(C)C)CC3)n2c1CCCC2)c1ccc(OCc2ccccc2)cc1. The number of hydrogen-bond donors (Lipinski definition) is 0. The van der Waals surface area contributed by atoms with E-state index in [4.69, 9.17) is 14.2 Å². The molecule has 4 aromatic carbocycles. The highest BCUT2D eigenvalue weighted by Crippen LogP contribution is 2.38. The molecule has 0 N–H and O–H groups in total. The van der Waals surface area contributed by atoms with E-state index in [-0.39, 0.29) is 23.9 Å². The first-order chi connectivity index (χ1) is 30.5. The van der Waals surface area contributed by atoms with Gasteiger partial charge in [0, 0.05) is 87.1 Å². The molecule has 0 radical (unpaired) electrons. The second kappa shape index (κ2) is 18.1. The lowest BCUT2D eigenvalue weighted by Crippen LogP contribution is -2.52. The van der Waals surface area contributed by atoms with Crippen LogP contribution in [0.3, 0.4) is 0 Å². The molecular weight excluding hydrogens is 791 g/mol. The second-order valence-electron chi connectivity index (χ2n) is 18.4. The summed E-state index contributed by atoms with van der Waals surface area (Å²) in [5, 5.41) is 0. The van der Waals surface area contributed by atoms with Crippen LogP contribution in [-0.4, -0.2) is 95.3 Å². The van der Waals surface area contributed by atoms with E-state index in [2.05, 4.69) is 44.7 Å². The van der Waals surface area contributed by atoms with Gasteiger partial charge in [-0.15, -0.1) is 0 Å². The van der Waals surface area contributed by atoms with Crippen LogP contribution in [0.2, 0.25) is 0 Å². The summed E-state index contributed by atoms with van der Waals surface area (Å²) >= 11 is 0. The monoisotopic (exact) mass is 849 g/mol. The van der Waals surface area contributed by atoms with Crippen LogP contribution in [0.5, 0.6) is 5.75 Å². The Labute approximate surface area is 371 Å². The summed E-state index contributed by atoms with van der Waals surface area (Å²) in [5.74, 6) is 0.595. The highest BCUT2D eigenvalue weighted by atomic mass is 16.6. The number of ether oxygens (including phenoxy) is 3. The van der Waals surface area contributed by atoms with Crippen LogP contribution in [0.4, 0.5) is 10.5 Å². The molecule has 0 bridgehead atoms. The number of carbonyl (C=O) groups is 3. The van der Waals surface area contributed by atoms with Crippen molar-refractivity contribution in [2.45, 2.75) is 90.8 Å². The van der Waals surface area contributed by atoms with Crippen LogP contribution in [0.1, 0.15) is 87.8 Å². The summed E-state index contributed by atoms with van der Waals surface area (Å²) in [4.78, 5) is 51.6. The van der Waals surface area contributed by atoms with Crippen LogP contribution >= 0.6 is 0 Å². The molecule has 11 nitrogen and oxygen atoms in total. The van der Waals surface area contributed by atoms with Gasteiger partial charge < -0.3 is 33.5 Å². The molecule has 9 rings (SSSR count). The van der Waals surface area contributed by atoms with E-state index in [0.717, 1.165) is 103 Å². The third kappa shape index (κ3) is 9.26. The fourth-order valence-electron chi connectivity index (χ4n) is 9.59. The molecule has 4 aliphatic heterocycles. The average Bonchev–Trinajstić information content (AvgIpc) is 3.69. The molecule has 1 saturated heterocycles. The zero-order chi connectivity index (χ0) is 43.7. The summed E-state index contributed by atoms with van der Waals surface area (Å²) in [5.41, 5.74) is 9.67. The van der Waals surface area contributed by atoms with E-state index in [9.17, 15) is 9.59 Å². The number of carbonyl (C=O) groups excluding carboxylic acids is 3. The maximum Gasteiger partial charge on any atom is 0.410 e. The zero-order valence-electron chi connectivity index (χ0n) is 37.1. The Bertz CT molecular complexity index is 2470. The van der Waals surface area contributed by atoms with Crippen LogP contribution in [-0.2, 0) is 55.0 Å². The molecule has 1 fully saturated rings. The Kier molecular flexibility index (Phi) is 12.2. The van der Waals surface area contributed by atoms with Gasteiger partial charge in [-0.1, -0.05) is 54.6 Å². The molecular formula is C52H59N5O6. The Morgan fingerprint density at radius 1 is 0.762 bits per heavy atom. The van der Waals surface area contributed by atoms with Crippen molar-refractivity contribution in [1.29, 1.82) is 0 Å². The average molecular weight is 850 g/mol. The third-order valence-corrected chi connectivity index (χ3v) is 13.0. The lowest BCUT2D eigenvalue weighted by Gasteiger charge is -2.41. The maximum atomic E-state index is 15.6. The maximum absolute atomic E-state index is 15.6. The van der Waals surface area contributed by atoms with E-state index in [1.54, 1.807) is 9.80 Å². The number of nitrogens with zero attached hydrogens (tertiary/aromatic N) is 5. The van der Waals surface area contributed by atoms with Crippen molar-refractivity contribution >= 4 is 23.6 Å². The van der Waals surface area contributed by atoms with Crippen LogP contribution in [0, 0.1) is 0 Å². The van der Waals surface area contributed by atoms with Crippen molar-refractivity contribution in [1.82, 2.24) is 19.3 Å². The van der Waals surface area contributed by atoms with Gasteiger partial charge in [-0.2, -0.15) is 0 Å². The predicted octanol–water partition coefficient (Wildman–Crippen LogP) is 8.54. The van der Waals surface area contributed by atoms with E-state index in [1.165, 1.54) is 5.56 Å². The molecule has 5 heterocycles. The van der Waals surface area contributed by atoms with Gasteiger partial charge in [-0.3, -0.25) is 14.5 Å². The van der Waals surface area contributed by atoms with Crippen LogP contribution in [0.25, 0.3) is 11.3 Å². The molecule has 1 atom stereocenters. The predicted molar refractivity (Wildman–Crippen MR) is 244 cm³/mol. The number of fused-ring (bicyclic) bond motifs is 3. The number of rotatable bonds is 9. The quantitative estimate of drug-likeness (QED) is 0.147. The van der Waals surface area contributed by atoms with E-state index < -0.39 is 5.60 Å². The molecule has 1 aromatic heterocycles. The summed E-state index contributed by atoms with van der Waals surface area (Å²) in [7, 11) is 1.82. The van der Waals surface area contributed by atoms with Gasteiger partial charge in [0.05, 0.1) is 18.8 Å². The minimum absolute atomic E-state index is 0.0409. The van der Waals surface area contributed by atoms with Crippen molar-refractivity contribution in [2.24, 2.45) is 0 Å². The van der Waals surface area contributed by atoms with Crippen molar-refractivity contribution in [3.8, 4) is 17.0 Å². The van der Waals surface area contributed by atoms with E-state index >= 15 is 4.79 Å². The molecule has 0 unspecified atom stereocenters. The largest absolute Gasteiger partial charge is 0.489 e. The van der Waals surface area contributed by atoms with Gasteiger partial charge in [-0.25, -0.2) is 4.79 Å². The summed E-state index contributed by atoms with van der Waals surface area (Å²) in [6, 6.07) is 32.4. The van der Waals surface area contributed by atoms with Crippen molar-refractivity contribution in [2.75, 3.05) is 51.3 Å². The van der Waals surface area contributed by atoms with Crippen LogP contribution in [0.15, 0.2) is 97.1 Å². The first-order valence-electron chi connectivity index (χ1n) is 22.6. The Morgan fingerprint density at radius 2 is 1.51 bits per heavy atom. The molecule has 3 amide bonds. The first kappa shape index (κ1) is 42.4. The molecule has 4 aliphatic rings. The number of hydrogen-bond acceptors (Lipinski definition) is 7. The van der Waals surface area contributed by atoms with Crippen molar-refractivity contribution in [3.63, 3.8) is 0 Å². The Morgan fingerprint density at radius 3 is 2.27 bits per heavy atom. The number of aromatic nitrogens is 1. The van der Waals surface area contributed by atoms with Crippen molar-refractivity contribution < 1.29 is 28.6 Å². The van der Waals surface area contributed by atoms with Gasteiger partial charge in [-0.05, 0) is 123 Å². The highest BCUT2D eigenvalue weighted by Gasteiger charge is 2.36. The molecule has 0 spiro atoms. The standard InChI is InChI=1S/C52H59N5O6/c1-52(2,3)63-51(60)55-23-21-38-29-44(45(30-40(38)32-55)50(59)57-33-39-15-9-8-14-37(39)28-42(57)34-54-24-26-61-27-25-54)48-31-46(47-16-10-11-22-56(47)48)49(58)53(4)41-17-19-43(20-18-41)62-35-36-12-6-5-7-13-36/h5-9,12-15,17-20,29-31,42H,10-11,16,21-28,32-35H2,1-4H3/t42-/m0/s1. The molecule has 63 heavy (non-hydrogen) atoms. The molecule has 0 saturated carbocycles. The zero-order valence-corrected chi connectivity index (χ0v) is 37.1. The Balaban J connectivity index is 1.08. The molecule has 0 aliphatic carbocycles. The lowest BCUT2D eigenvalue weighted by molar-refractivity contribution is 0.0193. The normalized spacial score (nSPS) is 17.6. The topological polar surface area (TPSA) is 96.8 Å². The number of morpholine rings is 1. The minimum atomic E-state index is -0.625.